The van der Waals surface area contributed by atoms with Crippen LogP contribution in [-0.2, 0) is 13.5 Å². The predicted octanol–water partition coefficient (Wildman–Crippen LogP) is 6.62. The smallest absolute Gasteiger partial charge is 0.200 e. The van der Waals surface area contributed by atoms with Crippen molar-refractivity contribution in [2.75, 3.05) is 0 Å². The summed E-state index contributed by atoms with van der Waals surface area (Å²) in [6, 6.07) is 17.4. The minimum absolute atomic E-state index is 0.532. The van der Waals surface area contributed by atoms with Crippen molar-refractivity contribution in [3.05, 3.63) is 59.3 Å². The normalized spacial score (nSPS) is 18.0. The zero-order valence-electron chi connectivity index (χ0n) is 20.0. The molecule has 0 radical (unpaired) electrons. The molecule has 1 aromatic heterocycles. The lowest BCUT2D eigenvalue weighted by molar-refractivity contribution is -0.659. The summed E-state index contributed by atoms with van der Waals surface area (Å²) in [6.07, 6.45) is 6.09. The van der Waals surface area contributed by atoms with Crippen LogP contribution in [-0.4, -0.2) is 8.07 Å². The molecule has 4 rings (SSSR count). The van der Waals surface area contributed by atoms with E-state index in [0.29, 0.717) is 5.41 Å². The maximum atomic E-state index is 2.62. The Balaban J connectivity index is 1.85. The molecule has 0 aliphatic carbocycles. The van der Waals surface area contributed by atoms with Crippen molar-refractivity contribution in [1.82, 2.24) is 0 Å². The van der Waals surface area contributed by atoms with Gasteiger partial charge >= 0.3 is 0 Å². The van der Waals surface area contributed by atoms with Gasteiger partial charge in [-0.2, -0.15) is 0 Å². The molecule has 2 aromatic carbocycles. The van der Waals surface area contributed by atoms with E-state index in [1.807, 2.05) is 0 Å². The Morgan fingerprint density at radius 2 is 1.70 bits per heavy atom. The zero-order valence-corrected chi connectivity index (χ0v) is 21.0. The van der Waals surface area contributed by atoms with Crippen LogP contribution in [0.15, 0.2) is 42.6 Å². The van der Waals surface area contributed by atoms with Crippen molar-refractivity contribution < 1.29 is 4.57 Å². The van der Waals surface area contributed by atoms with Crippen LogP contribution in [0, 0.1) is 19.3 Å². The van der Waals surface area contributed by atoms with Crippen LogP contribution >= 0.6 is 0 Å². The van der Waals surface area contributed by atoms with Crippen molar-refractivity contribution in [2.24, 2.45) is 12.5 Å². The number of hydrogen-bond acceptors (Lipinski definition) is 0. The minimum Gasteiger partial charge on any atom is -0.200 e. The Morgan fingerprint density at radius 1 is 1.00 bits per heavy atom. The summed E-state index contributed by atoms with van der Waals surface area (Å²) in [6.45, 7) is 14.3. The van der Waals surface area contributed by atoms with Crippen LogP contribution in [0.2, 0.25) is 18.6 Å². The van der Waals surface area contributed by atoms with Gasteiger partial charge in [-0.25, -0.2) is 4.57 Å². The molecule has 1 fully saturated rings. The molecule has 0 amide bonds. The van der Waals surface area contributed by atoms with E-state index >= 15 is 0 Å². The second-order valence-corrected chi connectivity index (χ2v) is 15.4. The fourth-order valence-electron chi connectivity index (χ4n) is 5.23. The Labute approximate surface area is 184 Å². The molecule has 1 aliphatic heterocycles. The summed E-state index contributed by atoms with van der Waals surface area (Å²) in [5.41, 5.74) is 7.48. The van der Waals surface area contributed by atoms with Gasteiger partial charge in [0, 0.05) is 6.07 Å². The van der Waals surface area contributed by atoms with Gasteiger partial charge in [0.05, 0.1) is 19.0 Å². The molecule has 0 spiro atoms. The molecule has 1 aliphatic rings. The predicted molar refractivity (Wildman–Crippen MR) is 133 cm³/mol. The number of nitrogens with zero attached hydrogens (tertiary/aromatic N) is 1. The van der Waals surface area contributed by atoms with E-state index in [-0.39, 0.29) is 0 Å². The number of hydrogen-bond donors (Lipinski definition) is 0. The lowest BCUT2D eigenvalue weighted by Gasteiger charge is -2.40. The Hall–Kier alpha value is -1.93. The maximum Gasteiger partial charge on any atom is 0.220 e. The number of aryl methyl sites for hydroxylation is 3. The highest BCUT2D eigenvalue weighted by Gasteiger charge is 2.38. The minimum atomic E-state index is -1.37. The molecule has 1 saturated heterocycles. The largest absolute Gasteiger partial charge is 0.220 e. The number of pyridine rings is 1. The molecule has 30 heavy (non-hydrogen) atoms. The molecule has 158 valence electrons. The monoisotopic (exact) mass is 416 g/mol. The fourth-order valence-corrected chi connectivity index (χ4v) is 9.51. The van der Waals surface area contributed by atoms with Gasteiger partial charge in [-0.15, -0.1) is 0 Å². The third-order valence-electron chi connectivity index (χ3n) is 7.93. The highest BCUT2D eigenvalue weighted by molar-refractivity contribution is 6.91. The molecule has 0 atom stereocenters. The van der Waals surface area contributed by atoms with Crippen LogP contribution in [0.4, 0.5) is 0 Å². The lowest BCUT2D eigenvalue weighted by Crippen LogP contribution is -2.48. The van der Waals surface area contributed by atoms with E-state index in [1.54, 1.807) is 5.19 Å². The van der Waals surface area contributed by atoms with Crippen LogP contribution in [0.3, 0.4) is 0 Å². The molecular weight excluding hydrogens is 378 g/mol. The van der Waals surface area contributed by atoms with Gasteiger partial charge in [-0.1, -0.05) is 75.6 Å². The van der Waals surface area contributed by atoms with Crippen LogP contribution in [0.5, 0.6) is 0 Å². The highest BCUT2D eigenvalue weighted by atomic mass is 28.3. The van der Waals surface area contributed by atoms with E-state index < -0.39 is 8.07 Å². The number of aromatic nitrogens is 1. The third kappa shape index (κ3) is 3.75. The average molecular weight is 417 g/mol. The van der Waals surface area contributed by atoms with Gasteiger partial charge in [0.2, 0.25) is 5.69 Å². The van der Waals surface area contributed by atoms with E-state index in [0.717, 1.165) is 6.42 Å². The molecule has 1 nitrogen and oxygen atoms in total. The summed E-state index contributed by atoms with van der Waals surface area (Å²) in [5, 5.41) is 4.44. The second kappa shape index (κ2) is 7.64. The highest BCUT2D eigenvalue weighted by Crippen LogP contribution is 2.40. The summed E-state index contributed by atoms with van der Waals surface area (Å²) in [7, 11) is 0.819. The van der Waals surface area contributed by atoms with Gasteiger partial charge in [-0.3, -0.25) is 0 Å². The van der Waals surface area contributed by atoms with E-state index in [2.05, 4.69) is 95.4 Å². The first kappa shape index (κ1) is 21.3. The summed E-state index contributed by atoms with van der Waals surface area (Å²) in [5.74, 6) is 0. The standard InChI is InChI=1S/C28H38NSi/c1-8-22-17-20(2)21(3)26(18-22)27-25-10-9-24(19-23(25)11-14-29(27)6)30(7)15-12-28(4,5)13-16-30/h9-11,14,17-19H,8,12-13,15-16H2,1-7H3/q+1. The molecule has 0 unspecified atom stereocenters. The third-order valence-corrected chi connectivity index (χ3v) is 12.3. The van der Waals surface area contributed by atoms with Gasteiger partial charge < -0.3 is 0 Å². The van der Waals surface area contributed by atoms with E-state index in [4.69, 9.17) is 0 Å². The Bertz CT molecular complexity index is 1100. The van der Waals surface area contributed by atoms with E-state index in [1.165, 1.54) is 63.7 Å². The first-order chi connectivity index (χ1) is 14.1. The van der Waals surface area contributed by atoms with Crippen LogP contribution in [0.1, 0.15) is 50.3 Å². The molecule has 0 bridgehead atoms. The fraction of sp³-hybridized carbons (Fsp3) is 0.464. The average Bonchev–Trinajstić information content (AvgIpc) is 2.72. The molecule has 3 aromatic rings. The van der Waals surface area contributed by atoms with Gasteiger partial charge in [-0.05, 0) is 59.9 Å². The molecule has 0 saturated carbocycles. The summed E-state index contributed by atoms with van der Waals surface area (Å²) >= 11 is 0. The van der Waals surface area contributed by atoms with Gasteiger partial charge in [0.15, 0.2) is 6.20 Å². The second-order valence-electron chi connectivity index (χ2n) is 10.7. The number of rotatable bonds is 3. The first-order valence-electron chi connectivity index (χ1n) is 11.7. The molecule has 2 heterocycles. The number of fused-ring (bicyclic) bond motifs is 1. The van der Waals surface area contributed by atoms with Crippen LogP contribution < -0.4 is 9.75 Å². The van der Waals surface area contributed by atoms with Crippen molar-refractivity contribution in [1.29, 1.82) is 0 Å². The van der Waals surface area contributed by atoms with Crippen molar-refractivity contribution in [3.63, 3.8) is 0 Å². The van der Waals surface area contributed by atoms with Crippen molar-refractivity contribution >= 4 is 24.0 Å². The molecule has 0 N–H and O–H groups in total. The summed E-state index contributed by atoms with van der Waals surface area (Å²) in [4.78, 5) is 0. The van der Waals surface area contributed by atoms with Crippen molar-refractivity contribution in [2.45, 2.75) is 72.5 Å². The molecule has 2 heteroatoms. The Kier molecular flexibility index (Phi) is 5.42. The Morgan fingerprint density at radius 3 is 2.37 bits per heavy atom. The van der Waals surface area contributed by atoms with Gasteiger partial charge in [0.1, 0.15) is 7.05 Å². The SMILES string of the molecule is CCc1cc(C)c(C)c(-c2c3ccc([Si]4(C)CCC(C)(C)CC4)cc3cc[n+]2C)c1. The lowest BCUT2D eigenvalue weighted by atomic mass is 9.87. The summed E-state index contributed by atoms with van der Waals surface area (Å²) < 4.78 is 2.31. The van der Waals surface area contributed by atoms with Gasteiger partial charge in [0.25, 0.3) is 0 Å². The molecular formula is C28H38NSi+. The first-order valence-corrected chi connectivity index (χ1v) is 14.6. The number of benzene rings is 2. The van der Waals surface area contributed by atoms with E-state index in [9.17, 15) is 0 Å². The zero-order chi connectivity index (χ0) is 21.7. The quantitative estimate of drug-likeness (QED) is 0.334. The van der Waals surface area contributed by atoms with Crippen molar-refractivity contribution in [3.8, 4) is 11.3 Å². The van der Waals surface area contributed by atoms with Crippen LogP contribution in [0.25, 0.3) is 22.0 Å². The topological polar surface area (TPSA) is 3.88 Å². The maximum absolute atomic E-state index is 2.62.